The molecular weight excluding hydrogens is 258 g/mol. The fourth-order valence-electron chi connectivity index (χ4n) is 2.95. The molecule has 2 aromatic rings. The second kappa shape index (κ2) is 5.21. The van der Waals surface area contributed by atoms with E-state index in [4.69, 9.17) is 0 Å². The van der Waals surface area contributed by atoms with Gasteiger partial charge >= 0.3 is 0 Å². The summed E-state index contributed by atoms with van der Waals surface area (Å²) in [6.07, 6.45) is 0.804. The van der Waals surface area contributed by atoms with Crippen LogP contribution in [0.4, 0.5) is 0 Å². The van der Waals surface area contributed by atoms with Gasteiger partial charge in [-0.2, -0.15) is 0 Å². The molecule has 3 rings (SSSR count). The first-order valence-corrected chi connectivity index (χ1v) is 7.23. The quantitative estimate of drug-likeness (QED) is 0.886. The minimum Gasteiger partial charge on any atom is -0.343 e. The van der Waals surface area contributed by atoms with Crippen molar-refractivity contribution >= 4 is 11.5 Å². The molecule has 0 saturated carbocycles. The number of nitrogens with one attached hydrogen (secondary N) is 1. The van der Waals surface area contributed by atoms with E-state index in [1.807, 2.05) is 43.3 Å². The summed E-state index contributed by atoms with van der Waals surface area (Å²) in [5.41, 5.74) is 3.86. The van der Waals surface area contributed by atoms with E-state index in [0.717, 1.165) is 28.7 Å². The number of carbonyl (C=O) groups excluding carboxylic acids is 1. The third kappa shape index (κ3) is 2.49. The number of hydrogen-bond acceptors (Lipinski definition) is 1. The van der Waals surface area contributed by atoms with Gasteiger partial charge in [-0.05, 0) is 30.5 Å². The Kier molecular flexibility index (Phi) is 3.38. The van der Waals surface area contributed by atoms with E-state index >= 15 is 0 Å². The van der Waals surface area contributed by atoms with Crippen LogP contribution in [0.2, 0.25) is 0 Å². The van der Waals surface area contributed by atoms with Gasteiger partial charge in [-0.1, -0.05) is 60.7 Å². The third-order valence-electron chi connectivity index (χ3n) is 4.25. The average Bonchev–Trinajstić information content (AvgIpc) is 2.53. The van der Waals surface area contributed by atoms with Gasteiger partial charge in [0, 0.05) is 12.0 Å². The van der Waals surface area contributed by atoms with Gasteiger partial charge in [0.05, 0.1) is 5.54 Å². The molecule has 1 unspecified atom stereocenters. The van der Waals surface area contributed by atoms with E-state index in [0.29, 0.717) is 0 Å². The van der Waals surface area contributed by atoms with Crippen LogP contribution in [0.1, 0.15) is 31.4 Å². The first kappa shape index (κ1) is 13.6. The van der Waals surface area contributed by atoms with Crippen molar-refractivity contribution in [3.63, 3.8) is 0 Å². The van der Waals surface area contributed by atoms with Crippen LogP contribution in [0.15, 0.2) is 66.2 Å². The van der Waals surface area contributed by atoms with Crippen molar-refractivity contribution in [3.05, 3.63) is 77.4 Å². The maximum absolute atomic E-state index is 12.4. The summed E-state index contributed by atoms with van der Waals surface area (Å²) >= 11 is 0. The van der Waals surface area contributed by atoms with Crippen molar-refractivity contribution in [2.24, 2.45) is 0 Å². The van der Waals surface area contributed by atoms with Crippen LogP contribution in [0.5, 0.6) is 0 Å². The molecule has 1 atom stereocenters. The SMILES string of the molecule is CC1=C(c2ccccc2)CC(C)(c2ccccc2)NC1=O. The van der Waals surface area contributed by atoms with Crippen molar-refractivity contribution in [2.45, 2.75) is 25.8 Å². The van der Waals surface area contributed by atoms with Gasteiger partial charge in [0.1, 0.15) is 0 Å². The highest BCUT2D eigenvalue weighted by atomic mass is 16.1. The molecule has 0 spiro atoms. The van der Waals surface area contributed by atoms with E-state index in [-0.39, 0.29) is 11.4 Å². The van der Waals surface area contributed by atoms with Crippen molar-refractivity contribution in [2.75, 3.05) is 0 Å². The monoisotopic (exact) mass is 277 g/mol. The van der Waals surface area contributed by atoms with E-state index in [9.17, 15) is 4.79 Å². The lowest BCUT2D eigenvalue weighted by Crippen LogP contribution is -2.47. The van der Waals surface area contributed by atoms with Crippen LogP contribution in [-0.2, 0) is 10.3 Å². The Morgan fingerprint density at radius 1 is 0.952 bits per heavy atom. The van der Waals surface area contributed by atoms with Crippen molar-refractivity contribution in [1.82, 2.24) is 5.32 Å². The van der Waals surface area contributed by atoms with E-state index in [2.05, 4.69) is 36.5 Å². The Morgan fingerprint density at radius 2 is 1.52 bits per heavy atom. The maximum Gasteiger partial charge on any atom is 0.247 e. The molecule has 2 aromatic carbocycles. The van der Waals surface area contributed by atoms with E-state index < -0.39 is 0 Å². The predicted molar refractivity (Wildman–Crippen MR) is 85.6 cm³/mol. The van der Waals surface area contributed by atoms with E-state index in [1.54, 1.807) is 0 Å². The molecule has 2 nitrogen and oxygen atoms in total. The number of amides is 1. The van der Waals surface area contributed by atoms with Crippen LogP contribution in [-0.4, -0.2) is 5.91 Å². The molecule has 1 aliphatic rings. The Labute approximate surface area is 125 Å². The molecule has 106 valence electrons. The smallest absolute Gasteiger partial charge is 0.247 e. The Morgan fingerprint density at radius 3 is 2.14 bits per heavy atom. The molecule has 1 amide bonds. The lowest BCUT2D eigenvalue weighted by Gasteiger charge is -2.37. The summed E-state index contributed by atoms with van der Waals surface area (Å²) in [7, 11) is 0. The fraction of sp³-hybridized carbons (Fsp3) is 0.211. The Hall–Kier alpha value is -2.35. The highest BCUT2D eigenvalue weighted by Crippen LogP contribution is 2.37. The van der Waals surface area contributed by atoms with Crippen molar-refractivity contribution in [1.29, 1.82) is 0 Å². The summed E-state index contributed by atoms with van der Waals surface area (Å²) in [5.74, 6) is 0.0199. The van der Waals surface area contributed by atoms with Crippen molar-refractivity contribution < 1.29 is 4.79 Å². The van der Waals surface area contributed by atoms with Gasteiger partial charge in [0.25, 0.3) is 0 Å². The van der Waals surface area contributed by atoms with Gasteiger partial charge in [0.15, 0.2) is 0 Å². The second-order valence-electron chi connectivity index (χ2n) is 5.80. The van der Waals surface area contributed by atoms with E-state index in [1.165, 1.54) is 0 Å². The first-order chi connectivity index (χ1) is 10.1. The van der Waals surface area contributed by atoms with Gasteiger partial charge < -0.3 is 5.32 Å². The molecule has 2 heteroatoms. The lowest BCUT2D eigenvalue weighted by molar-refractivity contribution is -0.119. The zero-order valence-corrected chi connectivity index (χ0v) is 12.4. The highest BCUT2D eigenvalue weighted by molar-refractivity contribution is 6.03. The Balaban J connectivity index is 2.06. The molecule has 0 bridgehead atoms. The van der Waals surface area contributed by atoms with Gasteiger partial charge in [0.2, 0.25) is 5.91 Å². The zero-order valence-electron chi connectivity index (χ0n) is 12.4. The molecule has 0 fully saturated rings. The molecular formula is C19H19NO. The largest absolute Gasteiger partial charge is 0.343 e. The molecule has 1 N–H and O–H groups in total. The Bertz CT molecular complexity index is 688. The number of carbonyl (C=O) groups is 1. The average molecular weight is 277 g/mol. The molecule has 1 aliphatic heterocycles. The lowest BCUT2D eigenvalue weighted by atomic mass is 9.79. The maximum atomic E-state index is 12.4. The standard InChI is InChI=1S/C19H19NO/c1-14-17(15-9-5-3-6-10-15)13-19(2,20-18(14)21)16-11-7-4-8-12-16/h3-12H,13H2,1-2H3,(H,20,21). The second-order valence-corrected chi connectivity index (χ2v) is 5.80. The molecule has 0 aliphatic carbocycles. The van der Waals surface area contributed by atoms with Crippen molar-refractivity contribution in [3.8, 4) is 0 Å². The zero-order chi connectivity index (χ0) is 14.9. The molecule has 1 heterocycles. The third-order valence-corrected chi connectivity index (χ3v) is 4.25. The molecule has 21 heavy (non-hydrogen) atoms. The minimum atomic E-state index is -0.358. The summed E-state index contributed by atoms with van der Waals surface area (Å²) in [5, 5.41) is 3.16. The topological polar surface area (TPSA) is 29.1 Å². The molecule has 0 radical (unpaired) electrons. The normalized spacial score (nSPS) is 22.1. The van der Waals surface area contributed by atoms with Gasteiger partial charge in [-0.15, -0.1) is 0 Å². The van der Waals surface area contributed by atoms with Crippen LogP contribution in [0.3, 0.4) is 0 Å². The molecule has 0 saturated heterocycles. The predicted octanol–water partition coefficient (Wildman–Crippen LogP) is 3.90. The summed E-state index contributed by atoms with van der Waals surface area (Å²) in [4.78, 5) is 12.4. The van der Waals surface area contributed by atoms with Crippen LogP contribution >= 0.6 is 0 Å². The number of benzene rings is 2. The minimum absolute atomic E-state index is 0.0199. The van der Waals surface area contributed by atoms with Gasteiger partial charge in [-0.3, -0.25) is 4.79 Å². The fourth-order valence-corrected chi connectivity index (χ4v) is 2.95. The van der Waals surface area contributed by atoms with Crippen LogP contribution < -0.4 is 5.32 Å². The summed E-state index contributed by atoms with van der Waals surface area (Å²) in [6, 6.07) is 20.3. The first-order valence-electron chi connectivity index (χ1n) is 7.23. The highest BCUT2D eigenvalue weighted by Gasteiger charge is 2.35. The number of rotatable bonds is 2. The van der Waals surface area contributed by atoms with Gasteiger partial charge in [-0.25, -0.2) is 0 Å². The summed E-state index contributed by atoms with van der Waals surface area (Å²) in [6.45, 7) is 4.00. The van der Waals surface area contributed by atoms with Crippen LogP contribution in [0.25, 0.3) is 5.57 Å². The number of hydrogen-bond donors (Lipinski definition) is 1. The molecule has 0 aromatic heterocycles. The summed E-state index contributed by atoms with van der Waals surface area (Å²) < 4.78 is 0. The van der Waals surface area contributed by atoms with Crippen LogP contribution in [0, 0.1) is 0 Å².